The molecule has 24 heavy (non-hydrogen) atoms. The predicted octanol–water partition coefficient (Wildman–Crippen LogP) is 0.475. The van der Waals surface area contributed by atoms with Gasteiger partial charge in [0.2, 0.25) is 10.0 Å². The van der Waals surface area contributed by atoms with Gasteiger partial charge in [0, 0.05) is 44.5 Å². The minimum absolute atomic E-state index is 0.0494. The number of sulfonamides is 2. The average Bonchev–Trinajstić information content (AvgIpc) is 2.90. The number of nitrogens with one attached hydrogen (secondary N) is 1. The Balaban J connectivity index is 2.46. The van der Waals surface area contributed by atoms with Crippen molar-refractivity contribution in [1.82, 2.24) is 9.62 Å². The van der Waals surface area contributed by atoms with Gasteiger partial charge in [-0.3, -0.25) is 0 Å². The lowest BCUT2D eigenvalue weighted by atomic mass is 10.1. The summed E-state index contributed by atoms with van der Waals surface area (Å²) in [6.07, 6.45) is 0.562. The first-order valence-corrected chi connectivity index (χ1v) is 11.3. The van der Waals surface area contributed by atoms with Gasteiger partial charge in [-0.15, -0.1) is 11.3 Å². The molecule has 0 saturated carbocycles. The van der Waals surface area contributed by atoms with Crippen molar-refractivity contribution >= 4 is 31.4 Å². The van der Waals surface area contributed by atoms with Crippen LogP contribution in [0.25, 0.3) is 0 Å². The molecule has 0 aliphatic carbocycles. The third-order valence-electron chi connectivity index (χ3n) is 3.61. The fourth-order valence-electron chi connectivity index (χ4n) is 2.61. The second-order valence-electron chi connectivity index (χ2n) is 5.94. The molecule has 0 radical (unpaired) electrons. The van der Waals surface area contributed by atoms with Gasteiger partial charge in [-0.1, -0.05) is 13.8 Å². The number of methoxy groups -OCH3 is 1. The maximum atomic E-state index is 12.8. The fourth-order valence-corrected chi connectivity index (χ4v) is 6.92. The smallest absolute Gasteiger partial charge is 0.252 e. The molecule has 1 aromatic rings. The van der Waals surface area contributed by atoms with Crippen LogP contribution in [-0.4, -0.2) is 54.0 Å². The van der Waals surface area contributed by atoms with E-state index in [9.17, 15) is 16.8 Å². The first-order valence-electron chi connectivity index (χ1n) is 7.49. The number of nitrogens with two attached hydrogens (primary N) is 1. The van der Waals surface area contributed by atoms with E-state index in [1.54, 1.807) is 7.11 Å². The summed E-state index contributed by atoms with van der Waals surface area (Å²) in [4.78, 5) is 0. The molecule has 0 saturated heterocycles. The average molecular weight is 398 g/mol. The van der Waals surface area contributed by atoms with Gasteiger partial charge in [-0.05, 0) is 12.5 Å². The Morgan fingerprint density at radius 1 is 1.50 bits per heavy atom. The van der Waals surface area contributed by atoms with Crippen LogP contribution in [0.2, 0.25) is 0 Å². The van der Waals surface area contributed by atoms with Crippen LogP contribution >= 0.6 is 11.3 Å². The molecular weight excluding hydrogens is 374 g/mol. The maximum Gasteiger partial charge on any atom is 0.252 e. The SMILES string of the molecule is COCCCN1CC(NC(C)C)c2cc(S(N)(=O)=O)sc2S1(=O)=O. The Hall–Kier alpha value is -0.560. The van der Waals surface area contributed by atoms with E-state index in [2.05, 4.69) is 5.32 Å². The van der Waals surface area contributed by atoms with Crippen LogP contribution in [-0.2, 0) is 24.8 Å². The Morgan fingerprint density at radius 3 is 2.71 bits per heavy atom. The standard InChI is InChI=1S/C13H23N3O5S3/c1-9(2)15-11-8-16(5-4-6-21-3)24(19,20)13-10(11)7-12(22-13)23(14,17)18/h7,9,11,15H,4-6,8H2,1-3H3,(H2,14,17,18). The summed E-state index contributed by atoms with van der Waals surface area (Å²) >= 11 is 0.709. The zero-order valence-corrected chi connectivity index (χ0v) is 16.3. The molecule has 1 unspecified atom stereocenters. The second-order valence-corrected chi connectivity index (χ2v) is 10.9. The van der Waals surface area contributed by atoms with Gasteiger partial charge in [-0.25, -0.2) is 22.0 Å². The number of hydrogen-bond donors (Lipinski definition) is 2. The van der Waals surface area contributed by atoms with Crippen LogP contribution < -0.4 is 10.5 Å². The van der Waals surface area contributed by atoms with E-state index in [0.717, 1.165) is 0 Å². The van der Waals surface area contributed by atoms with Crippen molar-refractivity contribution in [2.24, 2.45) is 5.14 Å². The van der Waals surface area contributed by atoms with Gasteiger partial charge in [0.05, 0.1) is 0 Å². The van der Waals surface area contributed by atoms with Crippen LogP contribution in [0, 0.1) is 0 Å². The van der Waals surface area contributed by atoms with Crippen LogP contribution in [0.3, 0.4) is 0 Å². The van der Waals surface area contributed by atoms with Gasteiger partial charge < -0.3 is 10.1 Å². The lowest BCUT2D eigenvalue weighted by Crippen LogP contribution is -2.45. The van der Waals surface area contributed by atoms with E-state index in [1.165, 1.54) is 10.4 Å². The molecule has 2 rings (SSSR count). The Bertz CT molecular complexity index is 786. The first kappa shape index (κ1) is 19.8. The van der Waals surface area contributed by atoms with Crippen LogP contribution in [0.15, 0.2) is 14.5 Å². The van der Waals surface area contributed by atoms with E-state index in [4.69, 9.17) is 9.88 Å². The lowest BCUT2D eigenvalue weighted by molar-refractivity contribution is 0.184. The van der Waals surface area contributed by atoms with Crippen molar-refractivity contribution in [2.45, 2.75) is 40.8 Å². The molecule has 138 valence electrons. The molecule has 0 aromatic carbocycles. The van der Waals surface area contributed by atoms with E-state index < -0.39 is 20.0 Å². The number of ether oxygens (including phenoxy) is 1. The number of rotatable bonds is 7. The number of primary sulfonamides is 1. The molecule has 2 heterocycles. The summed E-state index contributed by atoms with van der Waals surface area (Å²) < 4.78 is 55.1. The highest BCUT2D eigenvalue weighted by atomic mass is 32.3. The minimum Gasteiger partial charge on any atom is -0.385 e. The molecular formula is C13H23N3O5S3. The fraction of sp³-hybridized carbons (Fsp3) is 0.692. The molecule has 1 aliphatic rings. The molecule has 1 atom stereocenters. The monoisotopic (exact) mass is 397 g/mol. The van der Waals surface area contributed by atoms with Crippen molar-refractivity contribution in [3.63, 3.8) is 0 Å². The van der Waals surface area contributed by atoms with Gasteiger partial charge in [0.25, 0.3) is 10.0 Å². The van der Waals surface area contributed by atoms with Crippen molar-refractivity contribution in [3.05, 3.63) is 11.6 Å². The molecule has 8 nitrogen and oxygen atoms in total. The highest BCUT2D eigenvalue weighted by Gasteiger charge is 2.39. The molecule has 11 heteroatoms. The second kappa shape index (κ2) is 7.36. The van der Waals surface area contributed by atoms with Gasteiger partial charge in [0.15, 0.2) is 0 Å². The largest absolute Gasteiger partial charge is 0.385 e. The molecule has 1 aromatic heterocycles. The summed E-state index contributed by atoms with van der Waals surface area (Å²) in [6, 6.07) is 1.21. The summed E-state index contributed by atoms with van der Waals surface area (Å²) in [5, 5.41) is 8.47. The number of hydrogen-bond acceptors (Lipinski definition) is 7. The number of thiophene rings is 1. The van der Waals surface area contributed by atoms with Crippen LogP contribution in [0.4, 0.5) is 0 Å². The van der Waals surface area contributed by atoms with E-state index in [-0.39, 0.29) is 27.0 Å². The molecule has 0 spiro atoms. The summed E-state index contributed by atoms with van der Waals surface area (Å²) in [5.74, 6) is 0. The first-order chi connectivity index (χ1) is 11.1. The zero-order chi connectivity index (χ0) is 18.1. The van der Waals surface area contributed by atoms with E-state index in [0.29, 0.717) is 36.5 Å². The third kappa shape index (κ3) is 4.15. The number of fused-ring (bicyclic) bond motifs is 1. The van der Waals surface area contributed by atoms with Crippen molar-refractivity contribution in [2.75, 3.05) is 26.8 Å². The summed E-state index contributed by atoms with van der Waals surface area (Å²) in [6.45, 7) is 4.91. The van der Waals surface area contributed by atoms with Crippen LogP contribution in [0.5, 0.6) is 0 Å². The van der Waals surface area contributed by atoms with Crippen molar-refractivity contribution in [1.29, 1.82) is 0 Å². The Morgan fingerprint density at radius 2 is 2.17 bits per heavy atom. The van der Waals surface area contributed by atoms with Crippen molar-refractivity contribution in [3.8, 4) is 0 Å². The summed E-state index contributed by atoms with van der Waals surface area (Å²) in [7, 11) is -6.13. The topological polar surface area (TPSA) is 119 Å². The summed E-state index contributed by atoms with van der Waals surface area (Å²) in [5.41, 5.74) is 0.473. The molecule has 0 bridgehead atoms. The van der Waals surface area contributed by atoms with Gasteiger partial charge >= 0.3 is 0 Å². The minimum atomic E-state index is -3.95. The normalized spacial score (nSPS) is 21.1. The number of nitrogens with zero attached hydrogens (tertiary/aromatic N) is 1. The third-order valence-corrected chi connectivity index (χ3v) is 8.57. The van der Waals surface area contributed by atoms with Gasteiger partial charge in [-0.2, -0.15) is 4.31 Å². The lowest BCUT2D eigenvalue weighted by Gasteiger charge is -2.33. The molecule has 3 N–H and O–H groups in total. The van der Waals surface area contributed by atoms with Crippen LogP contribution in [0.1, 0.15) is 31.9 Å². The Kier molecular flexibility index (Phi) is 6.06. The maximum absolute atomic E-state index is 12.8. The zero-order valence-electron chi connectivity index (χ0n) is 13.9. The van der Waals surface area contributed by atoms with E-state index in [1.807, 2.05) is 13.8 Å². The molecule has 0 fully saturated rings. The predicted molar refractivity (Wildman–Crippen MR) is 92.0 cm³/mol. The highest BCUT2D eigenvalue weighted by Crippen LogP contribution is 2.40. The molecule has 1 aliphatic heterocycles. The quantitative estimate of drug-likeness (QED) is 0.646. The molecule has 0 amide bonds. The van der Waals surface area contributed by atoms with E-state index >= 15 is 0 Å². The highest BCUT2D eigenvalue weighted by molar-refractivity contribution is 7.94. The van der Waals surface area contributed by atoms with Gasteiger partial charge in [0.1, 0.15) is 8.42 Å². The Labute approximate surface area is 147 Å². The van der Waals surface area contributed by atoms with Crippen molar-refractivity contribution < 1.29 is 21.6 Å².